The summed E-state index contributed by atoms with van der Waals surface area (Å²) in [5.41, 5.74) is -2.29. The van der Waals surface area contributed by atoms with Crippen molar-refractivity contribution in [1.82, 2.24) is 0 Å². The average Bonchev–Trinajstić information content (AvgIpc) is 2.38. The van der Waals surface area contributed by atoms with E-state index in [9.17, 15) is 31.9 Å². The number of hydrogen-bond donors (Lipinski definition) is 1. The van der Waals surface area contributed by atoms with Gasteiger partial charge in [-0.25, -0.2) is 8.78 Å². The van der Waals surface area contributed by atoms with Crippen LogP contribution in [0.2, 0.25) is 0 Å². The Labute approximate surface area is 117 Å². The van der Waals surface area contributed by atoms with E-state index in [4.69, 9.17) is 0 Å². The van der Waals surface area contributed by atoms with Gasteiger partial charge in [-0.1, -0.05) is 12.1 Å². The Bertz CT molecular complexity index is 523. The molecular formula is C14H13F5O2. The van der Waals surface area contributed by atoms with Gasteiger partial charge >= 0.3 is 12.1 Å². The van der Waals surface area contributed by atoms with Crippen LogP contribution in [0, 0.1) is 0 Å². The molecule has 116 valence electrons. The zero-order valence-electron chi connectivity index (χ0n) is 10.9. The molecule has 1 aromatic carbocycles. The van der Waals surface area contributed by atoms with Crippen molar-refractivity contribution < 1.29 is 31.9 Å². The van der Waals surface area contributed by atoms with Gasteiger partial charge in [0, 0.05) is 12.8 Å². The monoisotopic (exact) mass is 308 g/mol. The maximum Gasteiger partial charge on any atom is 0.416 e. The lowest BCUT2D eigenvalue weighted by Crippen LogP contribution is -2.42. The fourth-order valence-electron chi connectivity index (χ4n) is 2.65. The number of benzene rings is 1. The SMILES string of the molecule is O=C(O)C1(c2ccc(C(F)(F)F)cc2)CCC(F)(F)CC1. The highest BCUT2D eigenvalue weighted by Gasteiger charge is 2.49. The van der Waals surface area contributed by atoms with Crippen LogP contribution in [0.4, 0.5) is 22.0 Å². The van der Waals surface area contributed by atoms with Crippen LogP contribution < -0.4 is 0 Å². The van der Waals surface area contributed by atoms with E-state index in [-0.39, 0.29) is 18.4 Å². The van der Waals surface area contributed by atoms with E-state index in [0.717, 1.165) is 24.3 Å². The van der Waals surface area contributed by atoms with E-state index in [1.165, 1.54) is 0 Å². The number of rotatable bonds is 2. The van der Waals surface area contributed by atoms with Gasteiger partial charge in [-0.3, -0.25) is 4.79 Å². The molecule has 1 N–H and O–H groups in total. The zero-order valence-corrected chi connectivity index (χ0v) is 10.9. The summed E-state index contributed by atoms with van der Waals surface area (Å²) in [6.45, 7) is 0. The fraction of sp³-hybridized carbons (Fsp3) is 0.500. The molecule has 0 radical (unpaired) electrons. The van der Waals surface area contributed by atoms with Crippen molar-refractivity contribution in [1.29, 1.82) is 0 Å². The molecule has 21 heavy (non-hydrogen) atoms. The van der Waals surface area contributed by atoms with Crippen molar-refractivity contribution in [2.24, 2.45) is 0 Å². The maximum atomic E-state index is 13.2. The molecule has 0 heterocycles. The molecule has 0 atom stereocenters. The third-order valence-corrected chi connectivity index (χ3v) is 4.01. The van der Waals surface area contributed by atoms with Crippen molar-refractivity contribution >= 4 is 5.97 Å². The van der Waals surface area contributed by atoms with Crippen molar-refractivity contribution in [3.63, 3.8) is 0 Å². The quantitative estimate of drug-likeness (QED) is 0.830. The second-order valence-corrected chi connectivity index (χ2v) is 5.32. The molecule has 7 heteroatoms. The van der Waals surface area contributed by atoms with Gasteiger partial charge in [0.05, 0.1) is 11.0 Å². The summed E-state index contributed by atoms with van der Waals surface area (Å²) < 4.78 is 63.9. The summed E-state index contributed by atoms with van der Waals surface area (Å²) in [6, 6.07) is 3.71. The molecule has 2 nitrogen and oxygen atoms in total. The minimum atomic E-state index is -4.52. The molecule has 0 unspecified atom stereocenters. The molecule has 1 aromatic rings. The molecular weight excluding hydrogens is 295 g/mol. The Morgan fingerprint density at radius 1 is 1.00 bits per heavy atom. The van der Waals surface area contributed by atoms with Gasteiger partial charge in [-0.15, -0.1) is 0 Å². The maximum absolute atomic E-state index is 13.2. The fourth-order valence-corrected chi connectivity index (χ4v) is 2.65. The summed E-state index contributed by atoms with van der Waals surface area (Å²) >= 11 is 0. The number of carbonyl (C=O) groups is 1. The molecule has 0 bridgehead atoms. The predicted molar refractivity (Wildman–Crippen MR) is 64.2 cm³/mol. The standard InChI is InChI=1S/C14H13F5O2/c15-13(16)7-5-12(6-8-13,11(20)21)9-1-3-10(4-2-9)14(17,18)19/h1-4H,5-8H2,(H,20,21). The summed E-state index contributed by atoms with van der Waals surface area (Å²) in [6.07, 6.45) is -6.27. The largest absolute Gasteiger partial charge is 0.481 e. The lowest BCUT2D eigenvalue weighted by molar-refractivity contribution is -0.149. The number of aliphatic carboxylic acids is 1. The lowest BCUT2D eigenvalue weighted by Gasteiger charge is -2.37. The van der Waals surface area contributed by atoms with Crippen LogP contribution in [0.3, 0.4) is 0 Å². The number of carboxylic acid groups (broad SMARTS) is 1. The number of alkyl halides is 5. The summed E-state index contributed by atoms with van der Waals surface area (Å²) in [5.74, 6) is -4.19. The third kappa shape index (κ3) is 3.01. The first-order chi connectivity index (χ1) is 9.57. The summed E-state index contributed by atoms with van der Waals surface area (Å²) in [4.78, 5) is 11.5. The van der Waals surface area contributed by atoms with Crippen LogP contribution in [-0.2, 0) is 16.4 Å². The predicted octanol–water partition coefficient (Wildman–Crippen LogP) is 4.24. The zero-order chi connectivity index (χ0) is 15.9. The van der Waals surface area contributed by atoms with E-state index < -0.39 is 41.9 Å². The first-order valence-electron chi connectivity index (χ1n) is 6.36. The summed E-state index contributed by atoms with van der Waals surface area (Å²) in [7, 11) is 0. The van der Waals surface area contributed by atoms with Crippen molar-refractivity contribution in [3.8, 4) is 0 Å². The molecule has 0 amide bonds. The highest BCUT2D eigenvalue weighted by Crippen LogP contribution is 2.46. The first kappa shape index (κ1) is 15.7. The molecule has 1 aliphatic rings. The number of hydrogen-bond acceptors (Lipinski definition) is 1. The van der Waals surface area contributed by atoms with Crippen LogP contribution in [0.25, 0.3) is 0 Å². The van der Waals surface area contributed by atoms with Gasteiger partial charge in [0.25, 0.3) is 0 Å². The second kappa shape index (κ2) is 4.96. The average molecular weight is 308 g/mol. The van der Waals surface area contributed by atoms with Gasteiger partial charge in [-0.05, 0) is 30.5 Å². The number of carboxylic acids is 1. The Kier molecular flexibility index (Phi) is 3.71. The second-order valence-electron chi connectivity index (χ2n) is 5.32. The van der Waals surface area contributed by atoms with E-state index in [2.05, 4.69) is 0 Å². The third-order valence-electron chi connectivity index (χ3n) is 4.01. The Morgan fingerprint density at radius 3 is 1.86 bits per heavy atom. The van der Waals surface area contributed by atoms with Crippen LogP contribution >= 0.6 is 0 Å². The topological polar surface area (TPSA) is 37.3 Å². The highest BCUT2D eigenvalue weighted by atomic mass is 19.4. The Morgan fingerprint density at radius 2 is 1.48 bits per heavy atom. The molecule has 0 aromatic heterocycles. The molecule has 1 aliphatic carbocycles. The Balaban J connectivity index is 2.34. The van der Waals surface area contributed by atoms with Crippen molar-refractivity contribution in [3.05, 3.63) is 35.4 Å². The van der Waals surface area contributed by atoms with E-state index in [1.807, 2.05) is 0 Å². The van der Waals surface area contributed by atoms with E-state index >= 15 is 0 Å². The lowest BCUT2D eigenvalue weighted by atomic mass is 9.68. The number of halogens is 5. The molecule has 1 fully saturated rings. The Hall–Kier alpha value is -1.66. The van der Waals surface area contributed by atoms with E-state index in [0.29, 0.717) is 0 Å². The minimum absolute atomic E-state index is 0.138. The smallest absolute Gasteiger partial charge is 0.416 e. The molecule has 2 rings (SSSR count). The minimum Gasteiger partial charge on any atom is -0.481 e. The molecule has 1 saturated carbocycles. The van der Waals surface area contributed by atoms with E-state index in [1.54, 1.807) is 0 Å². The van der Waals surface area contributed by atoms with Crippen molar-refractivity contribution in [2.75, 3.05) is 0 Å². The van der Waals surface area contributed by atoms with Gasteiger partial charge in [0.1, 0.15) is 0 Å². The van der Waals surface area contributed by atoms with Gasteiger partial charge in [0.15, 0.2) is 0 Å². The first-order valence-corrected chi connectivity index (χ1v) is 6.36. The van der Waals surface area contributed by atoms with Crippen LogP contribution in [0.15, 0.2) is 24.3 Å². The van der Waals surface area contributed by atoms with Gasteiger partial charge < -0.3 is 5.11 Å². The van der Waals surface area contributed by atoms with Crippen LogP contribution in [0.1, 0.15) is 36.8 Å². The van der Waals surface area contributed by atoms with Crippen molar-refractivity contribution in [2.45, 2.75) is 43.2 Å². The van der Waals surface area contributed by atoms with Gasteiger partial charge in [-0.2, -0.15) is 13.2 Å². The summed E-state index contributed by atoms with van der Waals surface area (Å²) in [5, 5.41) is 9.37. The molecule has 0 saturated heterocycles. The molecule has 0 aliphatic heterocycles. The van der Waals surface area contributed by atoms with Crippen LogP contribution in [0.5, 0.6) is 0 Å². The highest BCUT2D eigenvalue weighted by molar-refractivity contribution is 5.81. The molecule has 0 spiro atoms. The normalized spacial score (nSPS) is 21.0. The van der Waals surface area contributed by atoms with Crippen LogP contribution in [-0.4, -0.2) is 17.0 Å². The van der Waals surface area contributed by atoms with Gasteiger partial charge in [0.2, 0.25) is 5.92 Å².